The highest BCUT2D eigenvalue weighted by Gasteiger charge is 2.29. The van der Waals surface area contributed by atoms with E-state index in [-0.39, 0.29) is 23.7 Å². The second-order valence-corrected chi connectivity index (χ2v) is 7.63. The second-order valence-electron chi connectivity index (χ2n) is 7.63. The first-order chi connectivity index (χ1) is 14.0. The summed E-state index contributed by atoms with van der Waals surface area (Å²) in [4.78, 5) is 30.8. The molecule has 0 spiro atoms. The van der Waals surface area contributed by atoms with Gasteiger partial charge in [-0.3, -0.25) is 14.5 Å². The predicted molar refractivity (Wildman–Crippen MR) is 112 cm³/mol. The Morgan fingerprint density at radius 2 is 1.79 bits per heavy atom. The number of Topliss-reactive ketones (excluding diaryl/α,β-unsaturated/α-hetero) is 1. The smallest absolute Gasteiger partial charge is 0.241 e. The van der Waals surface area contributed by atoms with Gasteiger partial charge in [0, 0.05) is 17.2 Å². The van der Waals surface area contributed by atoms with Crippen molar-refractivity contribution in [2.75, 3.05) is 18.4 Å². The highest BCUT2D eigenvalue weighted by Crippen LogP contribution is 2.30. The molecule has 1 aromatic heterocycles. The summed E-state index contributed by atoms with van der Waals surface area (Å²) in [6, 6.07) is 14.6. The van der Waals surface area contributed by atoms with Crippen LogP contribution in [0.4, 0.5) is 5.69 Å². The number of aromatic nitrogens is 1. The Kier molecular flexibility index (Phi) is 5.45. The summed E-state index contributed by atoms with van der Waals surface area (Å²) in [6.07, 6.45) is 1.83. The van der Waals surface area contributed by atoms with E-state index in [4.69, 9.17) is 4.42 Å². The van der Waals surface area contributed by atoms with Crippen molar-refractivity contribution in [2.24, 2.45) is 0 Å². The average Bonchev–Trinajstić information content (AvgIpc) is 3.18. The molecule has 1 unspecified atom stereocenters. The molecule has 6 heteroatoms. The summed E-state index contributed by atoms with van der Waals surface area (Å²) >= 11 is 0. The van der Waals surface area contributed by atoms with Crippen LogP contribution in [0.1, 0.15) is 48.9 Å². The summed E-state index contributed by atoms with van der Waals surface area (Å²) in [5.41, 5.74) is 3.06. The summed E-state index contributed by atoms with van der Waals surface area (Å²) < 4.78 is 5.92. The number of para-hydroxylation sites is 2. The van der Waals surface area contributed by atoms with E-state index in [1.165, 1.54) is 6.92 Å². The van der Waals surface area contributed by atoms with Gasteiger partial charge in [-0.2, -0.15) is 0 Å². The van der Waals surface area contributed by atoms with Crippen molar-refractivity contribution in [3.63, 3.8) is 0 Å². The number of amides is 1. The maximum Gasteiger partial charge on any atom is 0.241 e. The van der Waals surface area contributed by atoms with Crippen LogP contribution < -0.4 is 5.32 Å². The van der Waals surface area contributed by atoms with Crippen LogP contribution in [-0.4, -0.2) is 40.7 Å². The predicted octanol–water partition coefficient (Wildman–Crippen LogP) is 4.24. The van der Waals surface area contributed by atoms with Crippen LogP contribution in [-0.2, 0) is 4.79 Å². The number of nitrogens with one attached hydrogen (secondary N) is 1. The zero-order valence-electron chi connectivity index (χ0n) is 16.7. The summed E-state index contributed by atoms with van der Waals surface area (Å²) in [5, 5.41) is 2.94. The largest absolute Gasteiger partial charge is 0.440 e. The number of piperidine rings is 1. The van der Waals surface area contributed by atoms with E-state index in [0.717, 1.165) is 42.9 Å². The lowest BCUT2D eigenvalue weighted by atomic mass is 9.95. The van der Waals surface area contributed by atoms with Crippen molar-refractivity contribution in [3.8, 4) is 0 Å². The molecule has 1 saturated heterocycles. The van der Waals surface area contributed by atoms with Crippen LogP contribution >= 0.6 is 0 Å². The van der Waals surface area contributed by atoms with Crippen molar-refractivity contribution >= 4 is 28.5 Å². The van der Waals surface area contributed by atoms with Crippen molar-refractivity contribution in [3.05, 3.63) is 60.0 Å². The lowest BCUT2D eigenvalue weighted by Crippen LogP contribution is -2.45. The van der Waals surface area contributed by atoms with E-state index >= 15 is 0 Å². The van der Waals surface area contributed by atoms with Crippen LogP contribution in [0.15, 0.2) is 52.9 Å². The number of benzene rings is 2. The van der Waals surface area contributed by atoms with Gasteiger partial charge in [0.2, 0.25) is 5.91 Å². The van der Waals surface area contributed by atoms with Gasteiger partial charge in [0.05, 0.1) is 6.04 Å². The number of carbonyl (C=O) groups is 2. The molecule has 0 aliphatic carbocycles. The van der Waals surface area contributed by atoms with Crippen molar-refractivity contribution < 1.29 is 14.0 Å². The molecule has 1 fully saturated rings. The van der Waals surface area contributed by atoms with Crippen LogP contribution in [0.2, 0.25) is 0 Å². The van der Waals surface area contributed by atoms with E-state index in [1.54, 1.807) is 24.3 Å². The number of nitrogens with zero attached hydrogens (tertiary/aromatic N) is 2. The minimum atomic E-state index is -0.230. The Balaban J connectivity index is 1.33. The Morgan fingerprint density at radius 1 is 1.10 bits per heavy atom. The number of hydrogen-bond donors (Lipinski definition) is 1. The molecule has 1 aliphatic heterocycles. The molecule has 150 valence electrons. The number of anilines is 1. The maximum atomic E-state index is 12.6. The lowest BCUT2D eigenvalue weighted by molar-refractivity contribution is -0.121. The average molecular weight is 391 g/mol. The van der Waals surface area contributed by atoms with Crippen molar-refractivity contribution in [1.82, 2.24) is 9.88 Å². The van der Waals surface area contributed by atoms with Crippen LogP contribution in [0.5, 0.6) is 0 Å². The number of carbonyl (C=O) groups excluding carboxylic acids is 2. The minimum Gasteiger partial charge on any atom is -0.440 e. The highest BCUT2D eigenvalue weighted by molar-refractivity contribution is 5.97. The molecule has 1 amide bonds. The van der Waals surface area contributed by atoms with Crippen molar-refractivity contribution in [2.45, 2.75) is 38.6 Å². The summed E-state index contributed by atoms with van der Waals surface area (Å²) in [6.45, 7) is 5.10. The molecule has 2 heterocycles. The van der Waals surface area contributed by atoms with Gasteiger partial charge >= 0.3 is 0 Å². The van der Waals surface area contributed by atoms with Gasteiger partial charge in [0.25, 0.3) is 0 Å². The Bertz CT molecular complexity index is 984. The highest BCUT2D eigenvalue weighted by atomic mass is 16.3. The fourth-order valence-electron chi connectivity index (χ4n) is 3.80. The molecular weight excluding hydrogens is 366 g/mol. The zero-order valence-corrected chi connectivity index (χ0v) is 16.7. The number of oxazole rings is 1. The van der Waals surface area contributed by atoms with Gasteiger partial charge in [0.15, 0.2) is 17.3 Å². The van der Waals surface area contributed by atoms with E-state index in [2.05, 4.69) is 15.2 Å². The topological polar surface area (TPSA) is 75.4 Å². The van der Waals surface area contributed by atoms with Crippen molar-refractivity contribution in [1.29, 1.82) is 0 Å². The van der Waals surface area contributed by atoms with Gasteiger partial charge in [-0.05, 0) is 76.2 Å². The first-order valence-electron chi connectivity index (χ1n) is 10.0. The van der Waals surface area contributed by atoms with E-state index in [9.17, 15) is 9.59 Å². The van der Waals surface area contributed by atoms with E-state index in [1.807, 2.05) is 31.2 Å². The molecular formula is C23H25N3O3. The molecule has 3 aromatic rings. The molecule has 4 rings (SSSR count). The maximum absolute atomic E-state index is 12.6. The van der Waals surface area contributed by atoms with Crippen LogP contribution in [0.3, 0.4) is 0 Å². The molecule has 1 aliphatic rings. The number of rotatable bonds is 5. The van der Waals surface area contributed by atoms with Crippen LogP contribution in [0, 0.1) is 0 Å². The van der Waals surface area contributed by atoms with E-state index in [0.29, 0.717) is 11.3 Å². The van der Waals surface area contributed by atoms with Gasteiger partial charge in [-0.15, -0.1) is 0 Å². The third-order valence-electron chi connectivity index (χ3n) is 5.68. The molecule has 2 aromatic carbocycles. The second kappa shape index (κ2) is 8.17. The number of fused-ring (bicyclic) bond motifs is 1. The van der Waals surface area contributed by atoms with Crippen LogP contribution in [0.25, 0.3) is 11.1 Å². The fourth-order valence-corrected chi connectivity index (χ4v) is 3.80. The SMILES string of the molecule is CC(=O)c1ccc(NC(=O)C(C)N2CCC(c3nc4ccccc4o3)CC2)cc1. The minimum absolute atomic E-state index is 0.0121. The quantitative estimate of drug-likeness (QED) is 0.659. The molecule has 6 nitrogen and oxygen atoms in total. The molecule has 0 radical (unpaired) electrons. The molecule has 29 heavy (non-hydrogen) atoms. The van der Waals surface area contributed by atoms with Gasteiger partial charge in [-0.25, -0.2) is 4.98 Å². The molecule has 0 bridgehead atoms. The van der Waals surface area contributed by atoms with Gasteiger partial charge in [0.1, 0.15) is 5.52 Å². The Labute approximate surface area is 169 Å². The standard InChI is InChI=1S/C23H25N3O3/c1-15(22(28)24-19-9-7-17(8-10-19)16(2)27)26-13-11-18(12-14-26)23-25-20-5-3-4-6-21(20)29-23/h3-10,15,18H,11-14H2,1-2H3,(H,24,28). The lowest BCUT2D eigenvalue weighted by Gasteiger charge is -2.34. The van der Waals surface area contributed by atoms with Gasteiger partial charge < -0.3 is 9.73 Å². The number of ketones is 1. The third kappa shape index (κ3) is 4.22. The fraction of sp³-hybridized carbons (Fsp3) is 0.348. The molecule has 1 atom stereocenters. The summed E-state index contributed by atoms with van der Waals surface area (Å²) in [5.74, 6) is 1.06. The first-order valence-corrected chi connectivity index (χ1v) is 10.0. The number of likely N-dealkylation sites (tertiary alicyclic amines) is 1. The Morgan fingerprint density at radius 3 is 2.45 bits per heavy atom. The summed E-state index contributed by atoms with van der Waals surface area (Å²) in [7, 11) is 0. The zero-order chi connectivity index (χ0) is 20.4. The Hall–Kier alpha value is -2.99. The van der Waals surface area contributed by atoms with Gasteiger partial charge in [-0.1, -0.05) is 12.1 Å². The normalized spacial score (nSPS) is 16.6. The monoisotopic (exact) mass is 391 g/mol. The number of hydrogen-bond acceptors (Lipinski definition) is 5. The third-order valence-corrected chi connectivity index (χ3v) is 5.68. The first kappa shape index (κ1) is 19.3. The molecule has 1 N–H and O–H groups in total. The molecule has 0 saturated carbocycles. The van der Waals surface area contributed by atoms with E-state index < -0.39 is 0 Å².